The molecule has 0 bridgehead atoms. The summed E-state index contributed by atoms with van der Waals surface area (Å²) in [6, 6.07) is 0. The van der Waals surface area contributed by atoms with Crippen molar-refractivity contribution in [3.8, 4) is 0 Å². The Balaban J connectivity index is 1.98. The molecule has 0 amide bonds. The number of epoxide rings is 1. The average molecular weight is 420 g/mol. The van der Waals surface area contributed by atoms with Crippen molar-refractivity contribution in [1.29, 1.82) is 0 Å². The van der Waals surface area contributed by atoms with Gasteiger partial charge in [-0.1, -0.05) is 12.7 Å². The molecule has 1 aliphatic carbocycles. The van der Waals surface area contributed by atoms with Gasteiger partial charge in [-0.25, -0.2) is 9.59 Å². The van der Waals surface area contributed by atoms with Crippen LogP contribution in [0.1, 0.15) is 41.0 Å². The van der Waals surface area contributed by atoms with Crippen molar-refractivity contribution in [2.45, 2.75) is 77.2 Å². The number of hydrogen-bond acceptors (Lipinski definition) is 8. The van der Waals surface area contributed by atoms with E-state index in [2.05, 4.69) is 6.58 Å². The normalized spacial score (nSPS) is 40.3. The van der Waals surface area contributed by atoms with Crippen LogP contribution in [0, 0.1) is 5.92 Å². The molecule has 0 spiro atoms. The van der Waals surface area contributed by atoms with Gasteiger partial charge in [0, 0.05) is 18.9 Å². The van der Waals surface area contributed by atoms with E-state index >= 15 is 0 Å². The molecule has 3 rings (SSSR count). The van der Waals surface area contributed by atoms with E-state index in [0.29, 0.717) is 17.6 Å². The molecule has 2 unspecified atom stereocenters. The van der Waals surface area contributed by atoms with Crippen LogP contribution in [0.15, 0.2) is 35.5 Å². The molecule has 2 heterocycles. The van der Waals surface area contributed by atoms with E-state index in [1.807, 2.05) is 0 Å². The fourth-order valence-electron chi connectivity index (χ4n) is 3.85. The molecule has 0 aromatic heterocycles. The summed E-state index contributed by atoms with van der Waals surface area (Å²) in [6.45, 7) is 11.9. The van der Waals surface area contributed by atoms with Crippen LogP contribution in [0.4, 0.5) is 0 Å². The maximum Gasteiger partial charge on any atom is 0.341 e. The Morgan fingerprint density at radius 3 is 2.47 bits per heavy atom. The summed E-state index contributed by atoms with van der Waals surface area (Å²) < 4.78 is 21.8. The molecule has 8 heteroatoms. The Kier molecular flexibility index (Phi) is 5.93. The van der Waals surface area contributed by atoms with Crippen LogP contribution in [-0.2, 0) is 33.3 Å². The maximum atomic E-state index is 12.7. The third-order valence-corrected chi connectivity index (χ3v) is 6.07. The minimum absolute atomic E-state index is 0.0947. The van der Waals surface area contributed by atoms with Gasteiger partial charge in [-0.3, -0.25) is 4.79 Å². The van der Waals surface area contributed by atoms with Gasteiger partial charge in [-0.05, 0) is 44.9 Å². The van der Waals surface area contributed by atoms with Crippen LogP contribution in [0.25, 0.3) is 0 Å². The number of carbonyl (C=O) groups excluding carboxylic acids is 3. The van der Waals surface area contributed by atoms with E-state index in [9.17, 15) is 19.5 Å². The molecule has 164 valence electrons. The largest absolute Gasteiger partial charge is 0.458 e. The number of esters is 3. The van der Waals surface area contributed by atoms with Crippen molar-refractivity contribution in [1.82, 2.24) is 0 Å². The summed E-state index contributed by atoms with van der Waals surface area (Å²) in [5.41, 5.74) is 0.273. The third-order valence-electron chi connectivity index (χ3n) is 6.07. The van der Waals surface area contributed by atoms with Gasteiger partial charge in [0.2, 0.25) is 0 Å². The van der Waals surface area contributed by atoms with Gasteiger partial charge in [0.15, 0.2) is 5.60 Å². The number of fused-ring (bicyclic) bond motifs is 1. The monoisotopic (exact) mass is 420 g/mol. The number of hydrogen-bond donors (Lipinski definition) is 1. The van der Waals surface area contributed by atoms with Gasteiger partial charge >= 0.3 is 17.9 Å². The summed E-state index contributed by atoms with van der Waals surface area (Å²) in [7, 11) is 0. The van der Waals surface area contributed by atoms with Crippen molar-refractivity contribution in [3.63, 3.8) is 0 Å². The summed E-state index contributed by atoms with van der Waals surface area (Å²) in [5, 5.41) is 11.2. The lowest BCUT2D eigenvalue weighted by Crippen LogP contribution is -2.44. The van der Waals surface area contributed by atoms with Gasteiger partial charge in [0.05, 0.1) is 12.0 Å². The molecule has 0 aromatic rings. The van der Waals surface area contributed by atoms with Crippen LogP contribution in [0.3, 0.4) is 0 Å². The van der Waals surface area contributed by atoms with Gasteiger partial charge in [0.1, 0.15) is 24.4 Å². The first kappa shape index (κ1) is 22.2. The second kappa shape index (κ2) is 8.00. The molecule has 30 heavy (non-hydrogen) atoms. The van der Waals surface area contributed by atoms with E-state index < -0.39 is 53.8 Å². The average Bonchev–Trinajstić information content (AvgIpc) is 3.18. The lowest BCUT2D eigenvalue weighted by molar-refractivity contribution is -0.160. The topological polar surface area (TPSA) is 112 Å². The van der Waals surface area contributed by atoms with E-state index in [-0.39, 0.29) is 11.7 Å². The molecular formula is C22H28O8. The Hall–Kier alpha value is -2.45. The lowest BCUT2D eigenvalue weighted by atomic mass is 9.83. The van der Waals surface area contributed by atoms with Gasteiger partial charge in [0.25, 0.3) is 0 Å². The highest BCUT2D eigenvalue weighted by molar-refractivity contribution is 5.91. The smallest absolute Gasteiger partial charge is 0.341 e. The summed E-state index contributed by atoms with van der Waals surface area (Å²) in [6.07, 6.45) is -0.284. The first-order valence-corrected chi connectivity index (χ1v) is 9.94. The van der Waals surface area contributed by atoms with Crippen LogP contribution in [-0.4, -0.2) is 59.1 Å². The zero-order chi connectivity index (χ0) is 22.4. The van der Waals surface area contributed by atoms with Crippen LogP contribution < -0.4 is 0 Å². The van der Waals surface area contributed by atoms with Crippen molar-refractivity contribution in [2.24, 2.45) is 5.92 Å². The van der Waals surface area contributed by atoms with Crippen LogP contribution in [0.5, 0.6) is 0 Å². The maximum absolute atomic E-state index is 12.7. The fourth-order valence-corrected chi connectivity index (χ4v) is 3.85. The van der Waals surface area contributed by atoms with Crippen molar-refractivity contribution in [3.05, 3.63) is 35.5 Å². The highest BCUT2D eigenvalue weighted by Gasteiger charge is 2.58. The Bertz CT molecular complexity index is 840. The molecule has 8 nitrogen and oxygen atoms in total. The quantitative estimate of drug-likeness (QED) is 0.242. The zero-order valence-electron chi connectivity index (χ0n) is 17.8. The number of ether oxygens (including phenoxy) is 4. The van der Waals surface area contributed by atoms with E-state index in [1.165, 1.54) is 6.92 Å². The fraction of sp³-hybridized carbons (Fsp3) is 0.591. The first-order chi connectivity index (χ1) is 14.0. The minimum atomic E-state index is -1.26. The molecule has 2 aliphatic heterocycles. The number of rotatable bonds is 3. The predicted octanol–water partition coefficient (Wildman–Crippen LogP) is 1.76. The molecule has 0 radical (unpaired) electrons. The summed E-state index contributed by atoms with van der Waals surface area (Å²) >= 11 is 0. The molecular weight excluding hydrogens is 392 g/mol. The molecule has 2 fully saturated rings. The SMILES string of the molecule is C=C1C(=O)O[C@@H]2/C=C(\C)[C@@H](OC(C)=O)CC=C(C)C(OC(=O)[C@]3(C)O[C@@H]3C)C(O)[C@@H]12. The van der Waals surface area contributed by atoms with E-state index in [0.717, 1.165) is 0 Å². The molecule has 0 saturated carbocycles. The van der Waals surface area contributed by atoms with Crippen molar-refractivity contribution < 1.29 is 38.4 Å². The molecule has 7 atom stereocenters. The van der Waals surface area contributed by atoms with Gasteiger partial charge in [-0.2, -0.15) is 0 Å². The second-order valence-corrected chi connectivity index (χ2v) is 8.30. The van der Waals surface area contributed by atoms with Gasteiger partial charge in [-0.15, -0.1) is 0 Å². The van der Waals surface area contributed by atoms with E-state index in [4.69, 9.17) is 18.9 Å². The number of aliphatic hydroxyl groups is 1. The zero-order valence-corrected chi connectivity index (χ0v) is 17.8. The Labute approximate surface area is 175 Å². The Morgan fingerprint density at radius 2 is 1.90 bits per heavy atom. The summed E-state index contributed by atoms with van der Waals surface area (Å²) in [5.74, 6) is -2.50. The highest BCUT2D eigenvalue weighted by Crippen LogP contribution is 2.40. The van der Waals surface area contributed by atoms with Crippen molar-refractivity contribution >= 4 is 17.9 Å². The minimum Gasteiger partial charge on any atom is -0.458 e. The molecule has 0 aromatic carbocycles. The van der Waals surface area contributed by atoms with Crippen molar-refractivity contribution in [2.75, 3.05) is 0 Å². The van der Waals surface area contributed by atoms with Gasteiger partial charge < -0.3 is 24.1 Å². The summed E-state index contributed by atoms with van der Waals surface area (Å²) in [4.78, 5) is 36.4. The third kappa shape index (κ3) is 4.06. The first-order valence-electron chi connectivity index (χ1n) is 9.94. The highest BCUT2D eigenvalue weighted by atomic mass is 16.7. The van der Waals surface area contributed by atoms with Crippen LogP contribution in [0.2, 0.25) is 0 Å². The lowest BCUT2D eigenvalue weighted by Gasteiger charge is -2.31. The predicted molar refractivity (Wildman–Crippen MR) is 105 cm³/mol. The molecule has 3 aliphatic rings. The Morgan fingerprint density at radius 1 is 1.27 bits per heavy atom. The number of carbonyl (C=O) groups is 3. The van der Waals surface area contributed by atoms with E-state index in [1.54, 1.807) is 39.8 Å². The standard InChI is InChI=1S/C22H28O8/c1-10-7-8-15(27-14(5)23)11(2)9-16-17(12(3)20(25)28-16)18(24)19(10)29-21(26)22(6)13(4)30-22/h7,9,13,15-19,24H,3,8H2,1-2,4-6H3/b10-7?,11-9+/t13-,15+,16-,17+,18?,19?,22-/m1/s1. The second-order valence-electron chi connectivity index (χ2n) is 8.30. The molecule has 2 saturated heterocycles. The molecule has 1 N–H and O–H groups in total. The number of aliphatic hydroxyl groups excluding tert-OH is 1. The van der Waals surface area contributed by atoms with Crippen LogP contribution >= 0.6 is 0 Å².